The van der Waals surface area contributed by atoms with Crippen LogP contribution in [0.1, 0.15) is 11.1 Å². The zero-order chi connectivity index (χ0) is 21.1. The number of halogens is 1. The Hall–Kier alpha value is -2.83. The van der Waals surface area contributed by atoms with Crippen molar-refractivity contribution in [1.29, 1.82) is 0 Å². The number of nitrogen functional groups attached to an aromatic ring is 1. The number of rotatable bonds is 5. The summed E-state index contributed by atoms with van der Waals surface area (Å²) in [5, 5.41) is 0.708. The van der Waals surface area contributed by atoms with Gasteiger partial charge >= 0.3 is 0 Å². The lowest BCUT2D eigenvalue weighted by atomic mass is 10.2. The van der Waals surface area contributed by atoms with Gasteiger partial charge in [0.25, 0.3) is 0 Å². The van der Waals surface area contributed by atoms with Crippen LogP contribution < -0.4 is 15.5 Å². The number of benzene rings is 2. The average Bonchev–Trinajstić information content (AvgIpc) is 2.77. The first-order valence-electron chi connectivity index (χ1n) is 10.2. The second-order valence-corrected chi connectivity index (χ2v) is 8.08. The smallest absolute Gasteiger partial charge is 0.229 e. The molecule has 156 valence electrons. The number of aromatic nitrogens is 2. The van der Waals surface area contributed by atoms with Crippen LogP contribution >= 0.6 is 11.6 Å². The molecule has 0 atom stereocenters. The fourth-order valence-electron chi connectivity index (χ4n) is 3.71. The van der Waals surface area contributed by atoms with E-state index in [2.05, 4.69) is 45.1 Å². The fraction of sp³-hybridized carbons (Fsp3) is 0.304. The summed E-state index contributed by atoms with van der Waals surface area (Å²) in [6.45, 7) is 6.61. The van der Waals surface area contributed by atoms with Gasteiger partial charge in [-0.1, -0.05) is 41.9 Å². The summed E-state index contributed by atoms with van der Waals surface area (Å²) >= 11 is 6.03. The van der Waals surface area contributed by atoms with E-state index in [4.69, 9.17) is 22.3 Å². The van der Waals surface area contributed by atoms with Crippen LogP contribution in [0.2, 0.25) is 5.02 Å². The Morgan fingerprint density at radius 3 is 2.30 bits per heavy atom. The third kappa shape index (κ3) is 4.50. The van der Waals surface area contributed by atoms with E-state index in [1.807, 2.05) is 43.1 Å². The molecular weight excluding hydrogens is 396 g/mol. The van der Waals surface area contributed by atoms with Crippen molar-refractivity contribution in [1.82, 2.24) is 14.9 Å². The van der Waals surface area contributed by atoms with Crippen molar-refractivity contribution in [3.05, 3.63) is 70.7 Å². The maximum atomic E-state index is 6.26. The lowest BCUT2D eigenvalue weighted by Gasteiger charge is -2.35. The standard InChI is InChI=1S/C23H27ClN6/c1-17-21(25)26-23(27-22(17)28(2)20-10-8-19(24)9-11-20)30-14-12-29(13-15-30)16-18-6-4-3-5-7-18/h3-11H,12-16H2,1-2H3,(H2,25,26,27). The molecule has 3 aromatic rings. The molecule has 1 fully saturated rings. The Kier molecular flexibility index (Phi) is 6.06. The highest BCUT2D eigenvalue weighted by molar-refractivity contribution is 6.30. The zero-order valence-corrected chi connectivity index (χ0v) is 18.2. The minimum atomic E-state index is 0.516. The molecule has 0 unspecified atom stereocenters. The molecular formula is C23H27ClN6. The van der Waals surface area contributed by atoms with Gasteiger partial charge in [0.05, 0.1) is 0 Å². The summed E-state index contributed by atoms with van der Waals surface area (Å²) in [6.07, 6.45) is 0. The molecule has 7 heteroatoms. The SMILES string of the molecule is Cc1c(N)nc(N2CCN(Cc3ccccc3)CC2)nc1N(C)c1ccc(Cl)cc1. The number of anilines is 4. The molecule has 2 N–H and O–H groups in total. The van der Waals surface area contributed by atoms with Crippen molar-refractivity contribution in [3.63, 3.8) is 0 Å². The van der Waals surface area contributed by atoms with Gasteiger partial charge in [0.15, 0.2) is 0 Å². The Balaban J connectivity index is 1.49. The molecule has 2 aromatic carbocycles. The molecule has 0 aliphatic carbocycles. The molecule has 2 heterocycles. The van der Waals surface area contributed by atoms with Crippen LogP contribution in [0, 0.1) is 6.92 Å². The summed E-state index contributed by atoms with van der Waals surface area (Å²) < 4.78 is 0. The van der Waals surface area contributed by atoms with Gasteiger partial charge in [0, 0.05) is 56.0 Å². The second kappa shape index (κ2) is 8.90. The van der Waals surface area contributed by atoms with Crippen LogP contribution in [0.5, 0.6) is 0 Å². The van der Waals surface area contributed by atoms with Gasteiger partial charge in [0.1, 0.15) is 11.6 Å². The van der Waals surface area contributed by atoms with Gasteiger partial charge < -0.3 is 15.5 Å². The highest BCUT2D eigenvalue weighted by atomic mass is 35.5. The van der Waals surface area contributed by atoms with E-state index < -0.39 is 0 Å². The van der Waals surface area contributed by atoms with Crippen molar-refractivity contribution in [2.75, 3.05) is 48.8 Å². The highest BCUT2D eigenvalue weighted by Crippen LogP contribution is 2.30. The molecule has 0 spiro atoms. The van der Waals surface area contributed by atoms with E-state index in [1.54, 1.807) is 0 Å². The molecule has 1 aromatic heterocycles. The van der Waals surface area contributed by atoms with Crippen LogP contribution in [-0.4, -0.2) is 48.1 Å². The first kappa shape index (κ1) is 20.4. The molecule has 1 aliphatic rings. The predicted octanol–water partition coefficient (Wildman–Crippen LogP) is 4.11. The van der Waals surface area contributed by atoms with E-state index in [1.165, 1.54) is 5.56 Å². The molecule has 6 nitrogen and oxygen atoms in total. The maximum Gasteiger partial charge on any atom is 0.229 e. The van der Waals surface area contributed by atoms with Gasteiger partial charge in [0.2, 0.25) is 5.95 Å². The van der Waals surface area contributed by atoms with E-state index in [0.717, 1.165) is 49.8 Å². The average molecular weight is 423 g/mol. The zero-order valence-electron chi connectivity index (χ0n) is 17.4. The monoisotopic (exact) mass is 422 g/mol. The molecule has 1 saturated heterocycles. The van der Waals surface area contributed by atoms with Gasteiger partial charge in [-0.25, -0.2) is 0 Å². The topological polar surface area (TPSA) is 61.5 Å². The van der Waals surface area contributed by atoms with E-state index in [0.29, 0.717) is 16.8 Å². The molecule has 1 aliphatic heterocycles. The summed E-state index contributed by atoms with van der Waals surface area (Å²) in [5.74, 6) is 2.02. The summed E-state index contributed by atoms with van der Waals surface area (Å²) in [6, 6.07) is 18.3. The lowest BCUT2D eigenvalue weighted by molar-refractivity contribution is 0.249. The quantitative estimate of drug-likeness (QED) is 0.667. The molecule has 4 rings (SSSR count). The van der Waals surface area contributed by atoms with Gasteiger partial charge in [-0.3, -0.25) is 4.90 Å². The summed E-state index contributed by atoms with van der Waals surface area (Å²) in [7, 11) is 1.99. The number of piperazine rings is 1. The van der Waals surface area contributed by atoms with Crippen molar-refractivity contribution >= 4 is 34.9 Å². The molecule has 30 heavy (non-hydrogen) atoms. The van der Waals surface area contributed by atoms with Crippen LogP contribution in [0.15, 0.2) is 54.6 Å². The minimum Gasteiger partial charge on any atom is -0.383 e. The maximum absolute atomic E-state index is 6.26. The van der Waals surface area contributed by atoms with Crippen LogP contribution in [0.4, 0.5) is 23.3 Å². The van der Waals surface area contributed by atoms with Crippen LogP contribution in [-0.2, 0) is 6.54 Å². The number of hydrogen-bond donors (Lipinski definition) is 1. The molecule has 0 saturated carbocycles. The Bertz CT molecular complexity index is 985. The Labute approximate surface area is 182 Å². The summed E-state index contributed by atoms with van der Waals surface area (Å²) in [5.41, 5.74) is 9.48. The number of hydrogen-bond acceptors (Lipinski definition) is 6. The Morgan fingerprint density at radius 2 is 1.63 bits per heavy atom. The van der Waals surface area contributed by atoms with E-state index in [9.17, 15) is 0 Å². The van der Waals surface area contributed by atoms with Gasteiger partial charge in [-0.05, 0) is 36.8 Å². The van der Waals surface area contributed by atoms with Crippen molar-refractivity contribution < 1.29 is 0 Å². The van der Waals surface area contributed by atoms with Crippen LogP contribution in [0.25, 0.3) is 0 Å². The van der Waals surface area contributed by atoms with Crippen molar-refractivity contribution in [2.45, 2.75) is 13.5 Å². The lowest BCUT2D eigenvalue weighted by Crippen LogP contribution is -2.46. The highest BCUT2D eigenvalue weighted by Gasteiger charge is 2.22. The van der Waals surface area contributed by atoms with Gasteiger partial charge in [-0.2, -0.15) is 9.97 Å². The van der Waals surface area contributed by atoms with Crippen molar-refractivity contribution in [2.24, 2.45) is 0 Å². The first-order chi connectivity index (χ1) is 14.5. The third-order valence-electron chi connectivity index (χ3n) is 5.58. The third-order valence-corrected chi connectivity index (χ3v) is 5.83. The minimum absolute atomic E-state index is 0.516. The van der Waals surface area contributed by atoms with E-state index >= 15 is 0 Å². The number of nitrogens with two attached hydrogens (primary N) is 1. The normalized spacial score (nSPS) is 14.7. The second-order valence-electron chi connectivity index (χ2n) is 7.64. The predicted molar refractivity (Wildman–Crippen MR) is 125 cm³/mol. The Morgan fingerprint density at radius 1 is 0.967 bits per heavy atom. The van der Waals surface area contributed by atoms with Gasteiger partial charge in [-0.15, -0.1) is 0 Å². The molecule has 0 bridgehead atoms. The number of nitrogens with zero attached hydrogens (tertiary/aromatic N) is 5. The van der Waals surface area contributed by atoms with E-state index in [-0.39, 0.29) is 0 Å². The first-order valence-corrected chi connectivity index (χ1v) is 10.5. The van der Waals surface area contributed by atoms with Crippen molar-refractivity contribution in [3.8, 4) is 0 Å². The summed E-state index contributed by atoms with van der Waals surface area (Å²) in [4.78, 5) is 16.2. The largest absolute Gasteiger partial charge is 0.383 e. The molecule has 0 radical (unpaired) electrons. The van der Waals surface area contributed by atoms with Crippen LogP contribution in [0.3, 0.4) is 0 Å². The molecule has 0 amide bonds. The fourth-order valence-corrected chi connectivity index (χ4v) is 3.84.